The van der Waals surface area contributed by atoms with Crippen LogP contribution in [0.3, 0.4) is 0 Å². The van der Waals surface area contributed by atoms with E-state index >= 15 is 0 Å². The van der Waals surface area contributed by atoms with Crippen LogP contribution in [0.2, 0.25) is 0 Å². The molecule has 0 aliphatic carbocycles. The van der Waals surface area contributed by atoms with Crippen molar-refractivity contribution in [2.75, 3.05) is 18.8 Å². The van der Waals surface area contributed by atoms with Crippen LogP contribution < -0.4 is 5.73 Å². The molecule has 1 aliphatic rings. The lowest BCUT2D eigenvalue weighted by molar-refractivity contribution is 0.150. The third-order valence-corrected chi connectivity index (χ3v) is 2.85. The van der Waals surface area contributed by atoms with Gasteiger partial charge >= 0.3 is 6.09 Å². The van der Waals surface area contributed by atoms with E-state index in [0.29, 0.717) is 19.5 Å². The Hall–Kier alpha value is -2.04. The van der Waals surface area contributed by atoms with E-state index in [1.54, 1.807) is 6.07 Å². The minimum atomic E-state index is -0.927. The highest BCUT2D eigenvalue weighted by molar-refractivity contribution is 5.71. The van der Waals surface area contributed by atoms with Gasteiger partial charge in [-0.15, -0.1) is 0 Å². The van der Waals surface area contributed by atoms with Gasteiger partial charge in [0, 0.05) is 13.1 Å². The maximum atomic E-state index is 13.3. The molecule has 1 aliphatic heterocycles. The first-order valence-electron chi connectivity index (χ1n) is 5.30. The molecule has 0 saturated heterocycles. The third kappa shape index (κ3) is 2.38. The highest BCUT2D eigenvalue weighted by Gasteiger charge is 2.17. The van der Waals surface area contributed by atoms with Crippen molar-refractivity contribution in [3.8, 4) is 0 Å². The van der Waals surface area contributed by atoms with E-state index < -0.39 is 11.9 Å². The lowest BCUT2D eigenvalue weighted by Crippen LogP contribution is -2.33. The first kappa shape index (κ1) is 11.4. The second-order valence-corrected chi connectivity index (χ2v) is 3.94. The molecule has 17 heavy (non-hydrogen) atoms. The van der Waals surface area contributed by atoms with Gasteiger partial charge in [0.25, 0.3) is 0 Å². The third-order valence-electron chi connectivity index (χ3n) is 2.85. The minimum Gasteiger partial charge on any atom is -0.465 e. The average molecular weight is 236 g/mol. The Morgan fingerprint density at radius 3 is 2.76 bits per heavy atom. The predicted octanol–water partition coefficient (Wildman–Crippen LogP) is 2.18. The van der Waals surface area contributed by atoms with Crippen molar-refractivity contribution in [2.45, 2.75) is 6.42 Å². The number of rotatable bonds is 1. The van der Waals surface area contributed by atoms with Crippen molar-refractivity contribution >= 4 is 17.4 Å². The fraction of sp³-hybridized carbons (Fsp3) is 0.250. The smallest absolute Gasteiger partial charge is 0.407 e. The number of amides is 1. The molecule has 0 unspecified atom stereocenters. The van der Waals surface area contributed by atoms with Gasteiger partial charge in [-0.1, -0.05) is 12.1 Å². The average Bonchev–Trinajstić information content (AvgIpc) is 2.33. The molecule has 0 fully saturated rings. The summed E-state index contributed by atoms with van der Waals surface area (Å²) in [6, 6.07) is 4.66. The van der Waals surface area contributed by atoms with E-state index in [1.807, 2.05) is 6.08 Å². The highest BCUT2D eigenvalue weighted by Crippen LogP contribution is 2.24. The quantitative estimate of drug-likeness (QED) is 0.734. The molecular weight excluding hydrogens is 223 g/mol. The van der Waals surface area contributed by atoms with Gasteiger partial charge in [-0.2, -0.15) is 0 Å². The van der Waals surface area contributed by atoms with Crippen LogP contribution in [0.5, 0.6) is 0 Å². The lowest BCUT2D eigenvalue weighted by Gasteiger charge is -2.23. The van der Waals surface area contributed by atoms with Crippen LogP contribution in [-0.4, -0.2) is 29.2 Å². The highest BCUT2D eigenvalue weighted by atomic mass is 19.1. The second-order valence-electron chi connectivity index (χ2n) is 3.94. The van der Waals surface area contributed by atoms with Gasteiger partial charge in [-0.25, -0.2) is 9.18 Å². The van der Waals surface area contributed by atoms with E-state index in [9.17, 15) is 9.18 Å². The summed E-state index contributed by atoms with van der Waals surface area (Å²) in [7, 11) is 0. The molecule has 0 radical (unpaired) electrons. The van der Waals surface area contributed by atoms with Crippen molar-refractivity contribution < 1.29 is 14.3 Å². The Bertz CT molecular complexity index is 485. The number of hydrogen-bond acceptors (Lipinski definition) is 2. The van der Waals surface area contributed by atoms with Gasteiger partial charge in [0.05, 0.1) is 5.69 Å². The van der Waals surface area contributed by atoms with Crippen molar-refractivity contribution in [1.29, 1.82) is 0 Å². The topological polar surface area (TPSA) is 66.6 Å². The van der Waals surface area contributed by atoms with E-state index in [-0.39, 0.29) is 5.69 Å². The number of nitrogens with two attached hydrogens (primary N) is 1. The van der Waals surface area contributed by atoms with E-state index in [0.717, 1.165) is 11.1 Å². The molecule has 90 valence electrons. The number of anilines is 1. The maximum absolute atomic E-state index is 13.3. The number of benzene rings is 1. The second kappa shape index (κ2) is 4.45. The number of carboxylic acid groups (broad SMARTS) is 1. The fourth-order valence-electron chi connectivity index (χ4n) is 1.83. The van der Waals surface area contributed by atoms with Crippen LogP contribution >= 0.6 is 0 Å². The summed E-state index contributed by atoms with van der Waals surface area (Å²) in [5.74, 6) is -0.441. The molecule has 3 N–H and O–H groups in total. The number of nitrogens with zero attached hydrogens (tertiary/aromatic N) is 1. The van der Waals surface area contributed by atoms with Crippen LogP contribution in [0.25, 0.3) is 5.57 Å². The van der Waals surface area contributed by atoms with E-state index in [2.05, 4.69) is 0 Å². The summed E-state index contributed by atoms with van der Waals surface area (Å²) < 4.78 is 13.3. The molecule has 2 rings (SSSR count). The molecule has 0 spiro atoms. The SMILES string of the molecule is Nc1ccc(C2=CCN(C(=O)O)CC2)cc1F. The summed E-state index contributed by atoms with van der Waals surface area (Å²) in [6.07, 6.45) is 1.47. The molecule has 1 heterocycles. The summed E-state index contributed by atoms with van der Waals surface area (Å²) in [5.41, 5.74) is 7.25. The number of nitrogen functional groups attached to an aromatic ring is 1. The predicted molar refractivity (Wildman–Crippen MR) is 63.0 cm³/mol. The Morgan fingerprint density at radius 1 is 1.47 bits per heavy atom. The summed E-state index contributed by atoms with van der Waals surface area (Å²) in [4.78, 5) is 12.0. The first-order valence-corrected chi connectivity index (χ1v) is 5.30. The van der Waals surface area contributed by atoms with Gasteiger partial charge in [0.15, 0.2) is 0 Å². The first-order chi connectivity index (χ1) is 8.08. The molecular formula is C12H13FN2O2. The standard InChI is InChI=1S/C12H13FN2O2/c13-10-7-9(1-2-11(10)14)8-3-5-15(6-4-8)12(16)17/h1-3,7H,4-6,14H2,(H,16,17). The van der Waals surface area contributed by atoms with Crippen molar-refractivity contribution in [2.24, 2.45) is 0 Å². The lowest BCUT2D eigenvalue weighted by atomic mass is 9.99. The molecule has 0 bridgehead atoms. The zero-order valence-electron chi connectivity index (χ0n) is 9.19. The number of carbonyl (C=O) groups is 1. The summed E-state index contributed by atoms with van der Waals surface area (Å²) >= 11 is 0. The Labute approximate surface area is 98.1 Å². The van der Waals surface area contributed by atoms with Gasteiger partial charge in [0.2, 0.25) is 0 Å². The maximum Gasteiger partial charge on any atom is 0.407 e. The van der Waals surface area contributed by atoms with Crippen molar-refractivity contribution in [1.82, 2.24) is 4.90 Å². The molecule has 1 aromatic carbocycles. The molecule has 0 aromatic heterocycles. The summed E-state index contributed by atoms with van der Waals surface area (Å²) in [6.45, 7) is 0.782. The Morgan fingerprint density at radius 2 is 2.24 bits per heavy atom. The van der Waals surface area contributed by atoms with Crippen LogP contribution in [0.1, 0.15) is 12.0 Å². The molecule has 1 amide bonds. The van der Waals surface area contributed by atoms with E-state index in [1.165, 1.54) is 17.0 Å². The number of hydrogen-bond donors (Lipinski definition) is 2. The molecule has 0 atom stereocenters. The van der Waals surface area contributed by atoms with Crippen LogP contribution in [0.4, 0.5) is 14.9 Å². The zero-order valence-corrected chi connectivity index (χ0v) is 9.19. The largest absolute Gasteiger partial charge is 0.465 e. The monoisotopic (exact) mass is 236 g/mol. The van der Waals surface area contributed by atoms with Crippen molar-refractivity contribution in [3.05, 3.63) is 35.7 Å². The number of halogens is 1. The van der Waals surface area contributed by atoms with Gasteiger partial charge in [-0.05, 0) is 29.7 Å². The fourth-order valence-corrected chi connectivity index (χ4v) is 1.83. The molecule has 1 aromatic rings. The molecule has 4 nitrogen and oxygen atoms in total. The van der Waals surface area contributed by atoms with Gasteiger partial charge in [0.1, 0.15) is 5.82 Å². The Balaban J connectivity index is 2.19. The van der Waals surface area contributed by atoms with Crippen molar-refractivity contribution in [3.63, 3.8) is 0 Å². The van der Waals surface area contributed by atoms with Crippen LogP contribution in [0.15, 0.2) is 24.3 Å². The van der Waals surface area contributed by atoms with E-state index in [4.69, 9.17) is 10.8 Å². The van der Waals surface area contributed by atoms with Gasteiger partial charge < -0.3 is 15.7 Å². The molecule has 0 saturated carbocycles. The Kier molecular flexibility index (Phi) is 2.99. The summed E-state index contributed by atoms with van der Waals surface area (Å²) in [5, 5.41) is 8.80. The molecule has 5 heteroatoms. The van der Waals surface area contributed by atoms with Crippen LogP contribution in [0, 0.1) is 5.82 Å². The zero-order chi connectivity index (χ0) is 12.4. The normalized spacial score (nSPS) is 15.6. The van der Waals surface area contributed by atoms with Crippen LogP contribution in [-0.2, 0) is 0 Å². The minimum absolute atomic E-state index is 0.123. The van der Waals surface area contributed by atoms with Gasteiger partial charge in [-0.3, -0.25) is 0 Å².